The van der Waals surface area contributed by atoms with Gasteiger partial charge in [0, 0.05) is 44.8 Å². The lowest BCUT2D eigenvalue weighted by atomic mass is 10.1. The van der Waals surface area contributed by atoms with Crippen LogP contribution in [0.4, 0.5) is 4.39 Å². The minimum Gasteiger partial charge on any atom is -0.301 e. The van der Waals surface area contributed by atoms with Crippen molar-refractivity contribution in [2.75, 3.05) is 32.7 Å². The summed E-state index contributed by atoms with van der Waals surface area (Å²) in [7, 11) is 0. The van der Waals surface area contributed by atoms with Crippen LogP contribution in [-0.2, 0) is 6.54 Å². The van der Waals surface area contributed by atoms with Crippen molar-refractivity contribution >= 4 is 0 Å². The van der Waals surface area contributed by atoms with E-state index in [0.717, 1.165) is 44.2 Å². The Morgan fingerprint density at radius 1 is 1.06 bits per heavy atom. The molecule has 0 aromatic heterocycles. The highest BCUT2D eigenvalue weighted by atomic mass is 19.1. The number of nitrogens with zero attached hydrogens (tertiary/aromatic N) is 2. The van der Waals surface area contributed by atoms with Crippen LogP contribution in [0.3, 0.4) is 0 Å². The zero-order chi connectivity index (χ0) is 13.0. The quantitative estimate of drug-likeness (QED) is 0.810. The second kappa shape index (κ2) is 6.30. The molecule has 0 bridgehead atoms. The van der Waals surface area contributed by atoms with E-state index in [2.05, 4.69) is 23.6 Å². The lowest BCUT2D eigenvalue weighted by molar-refractivity contribution is 0.116. The molecular formula is C15H23FN2. The maximum Gasteiger partial charge on any atom is 0.127 e. The minimum absolute atomic E-state index is 0.0814. The standard InChI is InChI=1S/C15H23FN2/c1-13(2)11-17-7-9-18(10-8-17)12-14-5-3-4-6-15(14)16/h3-6,13H,7-12H2,1-2H3. The molecule has 0 spiro atoms. The van der Waals surface area contributed by atoms with E-state index >= 15 is 0 Å². The van der Waals surface area contributed by atoms with Gasteiger partial charge in [-0.1, -0.05) is 32.0 Å². The first-order chi connectivity index (χ1) is 8.65. The predicted octanol–water partition coefficient (Wildman–Crippen LogP) is 2.60. The Hall–Kier alpha value is -0.930. The minimum atomic E-state index is -0.0814. The Labute approximate surface area is 109 Å². The van der Waals surface area contributed by atoms with Crippen molar-refractivity contribution in [3.05, 3.63) is 35.6 Å². The number of piperazine rings is 1. The molecule has 0 aliphatic carbocycles. The topological polar surface area (TPSA) is 6.48 Å². The molecule has 1 fully saturated rings. The average molecular weight is 250 g/mol. The molecule has 0 N–H and O–H groups in total. The van der Waals surface area contributed by atoms with Gasteiger partial charge in [0.05, 0.1) is 0 Å². The van der Waals surface area contributed by atoms with E-state index < -0.39 is 0 Å². The fourth-order valence-corrected chi connectivity index (χ4v) is 2.51. The third kappa shape index (κ3) is 3.79. The van der Waals surface area contributed by atoms with Crippen molar-refractivity contribution < 1.29 is 4.39 Å². The van der Waals surface area contributed by atoms with Gasteiger partial charge in [0.25, 0.3) is 0 Å². The third-order valence-electron chi connectivity index (χ3n) is 3.44. The van der Waals surface area contributed by atoms with Crippen molar-refractivity contribution in [2.24, 2.45) is 5.92 Å². The summed E-state index contributed by atoms with van der Waals surface area (Å²) < 4.78 is 13.6. The lowest BCUT2D eigenvalue weighted by Crippen LogP contribution is -2.46. The highest BCUT2D eigenvalue weighted by Gasteiger charge is 2.18. The molecule has 1 aliphatic heterocycles. The molecule has 18 heavy (non-hydrogen) atoms. The summed E-state index contributed by atoms with van der Waals surface area (Å²) >= 11 is 0. The molecule has 100 valence electrons. The summed E-state index contributed by atoms with van der Waals surface area (Å²) in [6, 6.07) is 7.09. The second-order valence-electron chi connectivity index (χ2n) is 5.56. The van der Waals surface area contributed by atoms with E-state index in [1.807, 2.05) is 12.1 Å². The van der Waals surface area contributed by atoms with Crippen LogP contribution < -0.4 is 0 Å². The number of hydrogen-bond acceptors (Lipinski definition) is 2. The number of benzene rings is 1. The second-order valence-corrected chi connectivity index (χ2v) is 5.56. The lowest BCUT2D eigenvalue weighted by Gasteiger charge is -2.35. The van der Waals surface area contributed by atoms with Gasteiger partial charge in [-0.3, -0.25) is 4.90 Å². The molecule has 0 unspecified atom stereocenters. The van der Waals surface area contributed by atoms with Gasteiger partial charge in [-0.05, 0) is 12.0 Å². The Bertz CT molecular complexity index is 371. The molecular weight excluding hydrogens is 227 g/mol. The van der Waals surface area contributed by atoms with Crippen LogP contribution in [0.15, 0.2) is 24.3 Å². The van der Waals surface area contributed by atoms with Crippen LogP contribution >= 0.6 is 0 Å². The van der Waals surface area contributed by atoms with E-state index in [1.165, 1.54) is 6.54 Å². The smallest absolute Gasteiger partial charge is 0.127 e. The van der Waals surface area contributed by atoms with Gasteiger partial charge in [0.15, 0.2) is 0 Å². The van der Waals surface area contributed by atoms with E-state index in [9.17, 15) is 4.39 Å². The summed E-state index contributed by atoms with van der Waals surface area (Å²) in [5.41, 5.74) is 0.815. The number of hydrogen-bond donors (Lipinski definition) is 0. The first-order valence-electron chi connectivity index (χ1n) is 6.83. The fourth-order valence-electron chi connectivity index (χ4n) is 2.51. The van der Waals surface area contributed by atoms with Gasteiger partial charge in [-0.15, -0.1) is 0 Å². The Balaban J connectivity index is 1.82. The molecule has 2 rings (SSSR count). The highest BCUT2D eigenvalue weighted by Crippen LogP contribution is 2.12. The van der Waals surface area contributed by atoms with Crippen LogP contribution in [0.25, 0.3) is 0 Å². The molecule has 0 atom stereocenters. The molecule has 1 aromatic rings. The van der Waals surface area contributed by atoms with Crippen LogP contribution in [-0.4, -0.2) is 42.5 Å². The molecule has 1 aromatic carbocycles. The summed E-state index contributed by atoms with van der Waals surface area (Å²) in [5.74, 6) is 0.644. The average Bonchev–Trinajstić information content (AvgIpc) is 2.34. The number of halogens is 1. The van der Waals surface area contributed by atoms with Crippen LogP contribution in [0.2, 0.25) is 0 Å². The first-order valence-corrected chi connectivity index (χ1v) is 6.83. The maximum absolute atomic E-state index is 13.6. The Kier molecular flexibility index (Phi) is 4.72. The van der Waals surface area contributed by atoms with E-state index in [1.54, 1.807) is 12.1 Å². The van der Waals surface area contributed by atoms with E-state index in [0.29, 0.717) is 0 Å². The van der Waals surface area contributed by atoms with Crippen molar-refractivity contribution in [1.82, 2.24) is 9.80 Å². The number of rotatable bonds is 4. The van der Waals surface area contributed by atoms with Crippen molar-refractivity contribution in [3.63, 3.8) is 0 Å². The van der Waals surface area contributed by atoms with Gasteiger partial charge in [-0.25, -0.2) is 4.39 Å². The third-order valence-corrected chi connectivity index (χ3v) is 3.44. The monoisotopic (exact) mass is 250 g/mol. The first kappa shape index (κ1) is 13.5. The molecule has 1 saturated heterocycles. The summed E-state index contributed by atoms with van der Waals surface area (Å²) in [5, 5.41) is 0. The Morgan fingerprint density at radius 2 is 1.67 bits per heavy atom. The van der Waals surface area contributed by atoms with Gasteiger partial charge < -0.3 is 4.90 Å². The molecule has 0 saturated carbocycles. The summed E-state index contributed by atoms with van der Waals surface area (Å²) in [4.78, 5) is 4.84. The van der Waals surface area contributed by atoms with Crippen LogP contribution in [0, 0.1) is 11.7 Å². The highest BCUT2D eigenvalue weighted by molar-refractivity contribution is 5.17. The largest absolute Gasteiger partial charge is 0.301 e. The van der Waals surface area contributed by atoms with Gasteiger partial charge in [0.1, 0.15) is 5.82 Å². The summed E-state index contributed by atoms with van der Waals surface area (Å²) in [6.45, 7) is 10.7. The van der Waals surface area contributed by atoms with Crippen molar-refractivity contribution in [1.29, 1.82) is 0 Å². The maximum atomic E-state index is 13.6. The normalized spacial score (nSPS) is 18.4. The molecule has 1 heterocycles. The molecule has 0 radical (unpaired) electrons. The Morgan fingerprint density at radius 3 is 2.28 bits per heavy atom. The zero-order valence-electron chi connectivity index (χ0n) is 11.4. The van der Waals surface area contributed by atoms with Crippen LogP contribution in [0.1, 0.15) is 19.4 Å². The van der Waals surface area contributed by atoms with Gasteiger partial charge in [-0.2, -0.15) is 0 Å². The summed E-state index contributed by atoms with van der Waals surface area (Å²) in [6.07, 6.45) is 0. The molecule has 1 aliphatic rings. The van der Waals surface area contributed by atoms with Gasteiger partial charge in [0.2, 0.25) is 0 Å². The SMILES string of the molecule is CC(C)CN1CCN(Cc2ccccc2F)CC1. The van der Waals surface area contributed by atoms with Gasteiger partial charge >= 0.3 is 0 Å². The zero-order valence-corrected chi connectivity index (χ0v) is 11.4. The van der Waals surface area contributed by atoms with E-state index in [-0.39, 0.29) is 5.82 Å². The van der Waals surface area contributed by atoms with Crippen molar-refractivity contribution in [3.8, 4) is 0 Å². The molecule has 2 nitrogen and oxygen atoms in total. The fraction of sp³-hybridized carbons (Fsp3) is 0.600. The van der Waals surface area contributed by atoms with E-state index in [4.69, 9.17) is 0 Å². The predicted molar refractivity (Wildman–Crippen MR) is 73.0 cm³/mol. The molecule has 0 amide bonds. The molecule has 3 heteroatoms. The van der Waals surface area contributed by atoms with Crippen molar-refractivity contribution in [2.45, 2.75) is 20.4 Å². The van der Waals surface area contributed by atoms with Crippen LogP contribution in [0.5, 0.6) is 0 Å².